The second-order valence-corrected chi connectivity index (χ2v) is 10.1. The first kappa shape index (κ1) is 20.6. The molecule has 0 saturated heterocycles. The Morgan fingerprint density at radius 1 is 0.821 bits per heavy atom. The van der Waals surface area contributed by atoms with Crippen molar-refractivity contribution >= 4 is 43.2 Å². The topological polar surface area (TPSA) is 105 Å². The molecular formula is C18H20ClN3O4S2. The standard InChI is InChI=1S/C18H20ClN3O4S2/c19-14-5-4-6-17(13-14)28(25,26)21-15-8-10-16(11-9-15)27(23,24)22-18-7-2-1-3-12-20-18/h4-6,8-11,13,21H,1-3,7,12H2,(H,20,22). The van der Waals surface area contributed by atoms with Crippen LogP contribution in [0, 0.1) is 0 Å². The molecule has 2 aromatic rings. The minimum absolute atomic E-state index is 0.0183. The molecule has 3 rings (SSSR count). The summed E-state index contributed by atoms with van der Waals surface area (Å²) in [5, 5.41) is 0.303. The van der Waals surface area contributed by atoms with Gasteiger partial charge in [-0.3, -0.25) is 14.4 Å². The van der Waals surface area contributed by atoms with E-state index in [1.807, 2.05) is 0 Å². The molecule has 1 aliphatic heterocycles. The van der Waals surface area contributed by atoms with Crippen molar-refractivity contribution in [3.05, 3.63) is 53.6 Å². The molecule has 2 aromatic carbocycles. The molecule has 150 valence electrons. The zero-order valence-corrected chi connectivity index (χ0v) is 17.3. The van der Waals surface area contributed by atoms with Crippen LogP contribution in [0.3, 0.4) is 0 Å². The van der Waals surface area contributed by atoms with Gasteiger partial charge in [-0.25, -0.2) is 16.8 Å². The SMILES string of the molecule is O=S(=O)(NC1=NCCCCC1)c1ccc(NS(=O)(=O)c2cccc(Cl)c2)cc1. The van der Waals surface area contributed by atoms with Gasteiger partial charge in [-0.05, 0) is 55.3 Å². The third-order valence-corrected chi connectivity index (χ3v) is 7.16. The Balaban J connectivity index is 1.75. The van der Waals surface area contributed by atoms with E-state index in [0.717, 1.165) is 19.3 Å². The Morgan fingerprint density at radius 3 is 2.25 bits per heavy atom. The lowest BCUT2D eigenvalue weighted by Gasteiger charge is -2.11. The first-order valence-electron chi connectivity index (χ1n) is 8.71. The second kappa shape index (κ2) is 8.50. The Kier molecular flexibility index (Phi) is 6.26. The molecule has 7 nitrogen and oxygen atoms in total. The molecule has 10 heteroatoms. The molecule has 28 heavy (non-hydrogen) atoms. The molecule has 0 saturated carbocycles. The average Bonchev–Trinajstić information content (AvgIpc) is 2.90. The normalized spacial score (nSPS) is 15.4. The van der Waals surface area contributed by atoms with Crippen molar-refractivity contribution in [2.45, 2.75) is 35.5 Å². The monoisotopic (exact) mass is 441 g/mol. The molecule has 0 spiro atoms. The minimum Gasteiger partial charge on any atom is -0.280 e. The minimum atomic E-state index is -3.83. The molecule has 0 radical (unpaired) electrons. The van der Waals surface area contributed by atoms with Crippen LogP contribution < -0.4 is 9.44 Å². The lowest BCUT2D eigenvalue weighted by molar-refractivity contribution is 0.591. The van der Waals surface area contributed by atoms with Gasteiger partial charge in [-0.1, -0.05) is 24.1 Å². The van der Waals surface area contributed by atoms with Gasteiger partial charge >= 0.3 is 0 Å². The van der Waals surface area contributed by atoms with E-state index in [9.17, 15) is 16.8 Å². The number of hydrogen-bond acceptors (Lipinski definition) is 5. The number of rotatable bonds is 5. The van der Waals surface area contributed by atoms with Crippen LogP contribution in [0.2, 0.25) is 5.02 Å². The van der Waals surface area contributed by atoms with Gasteiger partial charge < -0.3 is 0 Å². The summed E-state index contributed by atoms with van der Waals surface area (Å²) in [5.74, 6) is 0.461. The van der Waals surface area contributed by atoms with E-state index in [1.54, 1.807) is 6.07 Å². The molecule has 0 aromatic heterocycles. The van der Waals surface area contributed by atoms with Crippen LogP contribution in [0.5, 0.6) is 0 Å². The van der Waals surface area contributed by atoms with Crippen molar-refractivity contribution < 1.29 is 16.8 Å². The van der Waals surface area contributed by atoms with Gasteiger partial charge in [-0.2, -0.15) is 0 Å². The summed E-state index contributed by atoms with van der Waals surface area (Å²) >= 11 is 5.84. The average molecular weight is 442 g/mol. The fourth-order valence-corrected chi connectivity index (χ4v) is 5.17. The van der Waals surface area contributed by atoms with E-state index < -0.39 is 20.0 Å². The highest BCUT2D eigenvalue weighted by Crippen LogP contribution is 2.21. The number of sulfonamides is 2. The first-order valence-corrected chi connectivity index (χ1v) is 12.1. The van der Waals surface area contributed by atoms with Crippen molar-refractivity contribution in [2.24, 2.45) is 4.99 Å². The van der Waals surface area contributed by atoms with Gasteiger partial charge in [0.25, 0.3) is 20.0 Å². The van der Waals surface area contributed by atoms with Gasteiger partial charge in [0.1, 0.15) is 5.84 Å². The summed E-state index contributed by atoms with van der Waals surface area (Å²) in [7, 11) is -7.60. The number of nitrogens with one attached hydrogen (secondary N) is 2. The van der Waals surface area contributed by atoms with Crippen LogP contribution >= 0.6 is 11.6 Å². The lowest BCUT2D eigenvalue weighted by Crippen LogP contribution is -2.30. The number of hydrogen-bond donors (Lipinski definition) is 2. The fourth-order valence-electron chi connectivity index (χ4n) is 2.72. The van der Waals surface area contributed by atoms with E-state index in [0.29, 0.717) is 23.8 Å². The molecule has 1 aliphatic rings. The van der Waals surface area contributed by atoms with Crippen molar-refractivity contribution in [3.63, 3.8) is 0 Å². The van der Waals surface area contributed by atoms with Crippen LogP contribution in [0.15, 0.2) is 63.3 Å². The van der Waals surface area contributed by atoms with Crippen LogP contribution in [0.4, 0.5) is 5.69 Å². The number of amidine groups is 1. The largest absolute Gasteiger partial charge is 0.280 e. The highest BCUT2D eigenvalue weighted by Gasteiger charge is 2.18. The van der Waals surface area contributed by atoms with Gasteiger partial charge in [0.15, 0.2) is 0 Å². The smallest absolute Gasteiger partial charge is 0.262 e. The molecule has 0 aliphatic carbocycles. The van der Waals surface area contributed by atoms with Crippen molar-refractivity contribution in [2.75, 3.05) is 11.3 Å². The third kappa shape index (κ3) is 5.24. The maximum atomic E-state index is 12.5. The predicted octanol–water partition coefficient (Wildman–Crippen LogP) is 3.39. The Morgan fingerprint density at radius 2 is 1.54 bits per heavy atom. The van der Waals surface area contributed by atoms with Crippen molar-refractivity contribution in [1.29, 1.82) is 0 Å². The zero-order valence-electron chi connectivity index (χ0n) is 14.9. The van der Waals surface area contributed by atoms with Crippen molar-refractivity contribution in [3.8, 4) is 0 Å². The molecule has 0 fully saturated rings. The molecule has 0 atom stereocenters. The molecular weight excluding hydrogens is 422 g/mol. The summed E-state index contributed by atoms with van der Waals surface area (Å²) in [6, 6.07) is 11.3. The van der Waals surface area contributed by atoms with Crippen LogP contribution in [0.1, 0.15) is 25.7 Å². The Hall–Kier alpha value is -2.10. The summed E-state index contributed by atoms with van der Waals surface area (Å²) in [6.07, 6.45) is 3.46. The summed E-state index contributed by atoms with van der Waals surface area (Å²) in [6.45, 7) is 0.613. The van der Waals surface area contributed by atoms with E-state index in [-0.39, 0.29) is 15.5 Å². The number of aliphatic imine (C=N–C) groups is 1. The van der Waals surface area contributed by atoms with Gasteiger partial charge in [0.05, 0.1) is 9.79 Å². The van der Waals surface area contributed by atoms with Gasteiger partial charge in [-0.15, -0.1) is 0 Å². The molecule has 0 bridgehead atoms. The van der Waals surface area contributed by atoms with Crippen molar-refractivity contribution in [1.82, 2.24) is 4.72 Å². The first-order chi connectivity index (χ1) is 13.3. The molecule has 2 N–H and O–H groups in total. The fraction of sp³-hybridized carbons (Fsp3) is 0.278. The van der Waals surface area contributed by atoms with E-state index in [2.05, 4.69) is 14.4 Å². The predicted molar refractivity (Wildman–Crippen MR) is 110 cm³/mol. The van der Waals surface area contributed by atoms with Gasteiger partial charge in [0.2, 0.25) is 0 Å². The molecule has 0 amide bonds. The van der Waals surface area contributed by atoms with E-state index >= 15 is 0 Å². The Labute approximate surface area is 169 Å². The number of halogens is 1. The second-order valence-electron chi connectivity index (χ2n) is 6.33. The molecule has 0 unspecified atom stereocenters. The van der Waals surface area contributed by atoms with Crippen LogP contribution in [-0.4, -0.2) is 29.2 Å². The van der Waals surface area contributed by atoms with Crippen LogP contribution in [-0.2, 0) is 20.0 Å². The van der Waals surface area contributed by atoms with Crippen LogP contribution in [0.25, 0.3) is 0 Å². The Bertz CT molecular complexity index is 1080. The van der Waals surface area contributed by atoms with E-state index in [4.69, 9.17) is 11.6 Å². The highest BCUT2D eigenvalue weighted by molar-refractivity contribution is 7.92. The summed E-state index contributed by atoms with van der Waals surface area (Å²) in [5.41, 5.74) is 0.241. The lowest BCUT2D eigenvalue weighted by atomic mass is 10.2. The maximum Gasteiger partial charge on any atom is 0.262 e. The highest BCUT2D eigenvalue weighted by atomic mass is 35.5. The third-order valence-electron chi connectivity index (χ3n) is 4.15. The quantitative estimate of drug-likeness (QED) is 0.741. The zero-order chi connectivity index (χ0) is 20.2. The van der Waals surface area contributed by atoms with Gasteiger partial charge in [0, 0.05) is 23.7 Å². The number of nitrogens with zero attached hydrogens (tertiary/aromatic N) is 1. The summed E-state index contributed by atoms with van der Waals surface area (Å²) in [4.78, 5) is 4.32. The van der Waals surface area contributed by atoms with E-state index in [1.165, 1.54) is 42.5 Å². The number of benzene rings is 2. The summed E-state index contributed by atoms with van der Waals surface area (Å²) < 4.78 is 54.8. The molecule has 1 heterocycles. The number of anilines is 1. The maximum absolute atomic E-state index is 12.5.